The van der Waals surface area contributed by atoms with Crippen molar-refractivity contribution in [2.45, 2.75) is 33.4 Å². The van der Waals surface area contributed by atoms with Crippen molar-refractivity contribution < 1.29 is 23.0 Å². The summed E-state index contributed by atoms with van der Waals surface area (Å²) in [4.78, 5) is 4.15. The van der Waals surface area contributed by atoms with Crippen LogP contribution in [0.2, 0.25) is 0 Å². The van der Waals surface area contributed by atoms with Crippen LogP contribution >= 0.6 is 24.0 Å². The molecule has 24 heavy (non-hydrogen) atoms. The second-order valence-corrected chi connectivity index (χ2v) is 5.50. The lowest BCUT2D eigenvalue weighted by atomic mass is 10.1. The molecule has 136 valence electrons. The molecule has 1 heterocycles. The molecule has 1 aliphatic rings. The second kappa shape index (κ2) is 9.70. The normalized spacial score (nSPS) is 13.2. The maximum absolute atomic E-state index is 12.5. The van der Waals surface area contributed by atoms with Crippen molar-refractivity contribution in [3.8, 4) is 17.2 Å². The van der Waals surface area contributed by atoms with E-state index in [-0.39, 0.29) is 49.0 Å². The van der Waals surface area contributed by atoms with Crippen molar-refractivity contribution >= 4 is 29.9 Å². The van der Waals surface area contributed by atoms with E-state index in [4.69, 9.17) is 15.2 Å². The van der Waals surface area contributed by atoms with Crippen LogP contribution in [0.4, 0.5) is 8.78 Å². The molecule has 1 aromatic carbocycles. The number of nitrogens with one attached hydrogen (secondary N) is 1. The lowest BCUT2D eigenvalue weighted by Crippen LogP contribution is -2.32. The predicted octanol–water partition coefficient (Wildman–Crippen LogP) is 3.09. The summed E-state index contributed by atoms with van der Waals surface area (Å²) in [7, 11) is 0. The highest BCUT2D eigenvalue weighted by Crippen LogP contribution is 2.38. The summed E-state index contributed by atoms with van der Waals surface area (Å²) in [5, 5.41) is 2.98. The third-order valence-electron chi connectivity index (χ3n) is 3.22. The van der Waals surface area contributed by atoms with Crippen molar-refractivity contribution in [2.24, 2.45) is 16.6 Å². The molecule has 0 radical (unpaired) electrons. The average molecular weight is 457 g/mol. The number of benzene rings is 1. The zero-order valence-electron chi connectivity index (χ0n) is 13.6. The van der Waals surface area contributed by atoms with Crippen LogP contribution in [0.1, 0.15) is 25.8 Å². The van der Waals surface area contributed by atoms with E-state index in [9.17, 15) is 8.78 Å². The smallest absolute Gasteiger partial charge is 0.387 e. The number of nitrogens with two attached hydrogens (primary N) is 1. The molecule has 9 heteroatoms. The Morgan fingerprint density at radius 2 is 2.00 bits per heavy atom. The highest BCUT2D eigenvalue weighted by Gasteiger charge is 2.19. The Bertz CT molecular complexity index is 571. The number of hydrogen-bond donors (Lipinski definition) is 2. The molecule has 0 unspecified atom stereocenters. The predicted molar refractivity (Wildman–Crippen MR) is 97.4 cm³/mol. The second-order valence-electron chi connectivity index (χ2n) is 5.50. The van der Waals surface area contributed by atoms with Gasteiger partial charge in [-0.05, 0) is 18.4 Å². The maximum Gasteiger partial charge on any atom is 0.387 e. The number of fused-ring (bicyclic) bond motifs is 1. The Hall–Kier alpha value is -1.52. The van der Waals surface area contributed by atoms with Gasteiger partial charge in [-0.2, -0.15) is 8.78 Å². The molecule has 0 spiro atoms. The zero-order chi connectivity index (χ0) is 16.8. The number of hydrogen-bond acceptors (Lipinski definition) is 4. The summed E-state index contributed by atoms with van der Waals surface area (Å²) >= 11 is 0. The highest BCUT2D eigenvalue weighted by atomic mass is 127. The first kappa shape index (κ1) is 20.5. The van der Waals surface area contributed by atoms with E-state index in [0.717, 1.165) is 6.42 Å². The topological polar surface area (TPSA) is 78.1 Å². The number of guanidine groups is 1. The molecule has 0 amide bonds. The molecule has 0 saturated heterocycles. The molecule has 0 atom stereocenters. The standard InChI is InChI=1S/C15H21F2N3O3.HI/c1-9(2)3-4-19-15(18)20-7-10-5-12-13(22-8-21-12)6-11(10)23-14(16)17;/h5-6,9,14H,3-4,7-8H2,1-2H3,(H3,18,19,20);1H. The lowest BCUT2D eigenvalue weighted by Gasteiger charge is -2.11. The Kier molecular flexibility index (Phi) is 8.29. The van der Waals surface area contributed by atoms with Crippen LogP contribution in [-0.4, -0.2) is 25.9 Å². The Morgan fingerprint density at radius 3 is 2.62 bits per heavy atom. The van der Waals surface area contributed by atoms with Gasteiger partial charge in [-0.25, -0.2) is 4.99 Å². The van der Waals surface area contributed by atoms with Gasteiger partial charge in [0.25, 0.3) is 0 Å². The minimum atomic E-state index is -2.93. The van der Waals surface area contributed by atoms with Crippen molar-refractivity contribution in [2.75, 3.05) is 13.3 Å². The highest BCUT2D eigenvalue weighted by molar-refractivity contribution is 14.0. The SMILES string of the molecule is CC(C)CCNC(N)=NCc1cc2c(cc1OC(F)F)OCO2.I. The molecule has 2 rings (SSSR count). The minimum absolute atomic E-state index is 0. The Balaban J connectivity index is 0.00000288. The quantitative estimate of drug-likeness (QED) is 0.374. The fourth-order valence-electron chi connectivity index (χ4n) is 2.01. The Morgan fingerprint density at radius 1 is 1.33 bits per heavy atom. The van der Waals surface area contributed by atoms with Gasteiger partial charge in [0.05, 0.1) is 6.54 Å². The van der Waals surface area contributed by atoms with E-state index in [2.05, 4.69) is 28.9 Å². The lowest BCUT2D eigenvalue weighted by molar-refractivity contribution is -0.0505. The molecule has 1 aromatic rings. The monoisotopic (exact) mass is 457 g/mol. The summed E-state index contributed by atoms with van der Waals surface area (Å²) in [6, 6.07) is 2.95. The maximum atomic E-state index is 12.5. The zero-order valence-corrected chi connectivity index (χ0v) is 15.9. The van der Waals surface area contributed by atoms with Crippen LogP contribution in [0, 0.1) is 5.92 Å². The van der Waals surface area contributed by atoms with Gasteiger partial charge in [-0.15, -0.1) is 24.0 Å². The van der Waals surface area contributed by atoms with E-state index in [0.29, 0.717) is 29.5 Å². The fourth-order valence-corrected chi connectivity index (χ4v) is 2.01. The van der Waals surface area contributed by atoms with Crippen molar-refractivity contribution in [3.63, 3.8) is 0 Å². The van der Waals surface area contributed by atoms with Crippen molar-refractivity contribution in [1.29, 1.82) is 0 Å². The number of aliphatic imine (C=N–C) groups is 1. The van der Waals surface area contributed by atoms with E-state index >= 15 is 0 Å². The average Bonchev–Trinajstić information content (AvgIpc) is 2.90. The van der Waals surface area contributed by atoms with Gasteiger partial charge in [0, 0.05) is 18.2 Å². The van der Waals surface area contributed by atoms with Crippen LogP contribution in [0.5, 0.6) is 17.2 Å². The molecular weight excluding hydrogens is 435 g/mol. The molecule has 6 nitrogen and oxygen atoms in total. The number of alkyl halides is 2. The molecule has 0 bridgehead atoms. The number of nitrogens with zero attached hydrogens (tertiary/aromatic N) is 1. The van der Waals surface area contributed by atoms with Gasteiger partial charge in [0.15, 0.2) is 17.5 Å². The van der Waals surface area contributed by atoms with E-state index in [1.807, 2.05) is 0 Å². The van der Waals surface area contributed by atoms with E-state index in [1.165, 1.54) is 6.07 Å². The third kappa shape index (κ3) is 6.17. The molecule has 0 aliphatic carbocycles. The van der Waals surface area contributed by atoms with Gasteiger partial charge in [-0.3, -0.25) is 0 Å². The Labute approximate surface area is 156 Å². The third-order valence-corrected chi connectivity index (χ3v) is 3.22. The van der Waals surface area contributed by atoms with Gasteiger partial charge in [-0.1, -0.05) is 13.8 Å². The molecule has 3 N–H and O–H groups in total. The van der Waals surface area contributed by atoms with E-state index in [1.54, 1.807) is 6.07 Å². The number of rotatable bonds is 7. The molecular formula is C15H22F2IN3O3. The van der Waals surface area contributed by atoms with Crippen LogP contribution in [-0.2, 0) is 6.54 Å². The van der Waals surface area contributed by atoms with Crippen LogP contribution < -0.4 is 25.3 Å². The van der Waals surface area contributed by atoms with Crippen LogP contribution in [0.25, 0.3) is 0 Å². The first-order valence-electron chi connectivity index (χ1n) is 7.37. The summed E-state index contributed by atoms with van der Waals surface area (Å²) in [6.07, 6.45) is 0.958. The number of halogens is 3. The van der Waals surface area contributed by atoms with Gasteiger partial charge in [0.1, 0.15) is 5.75 Å². The van der Waals surface area contributed by atoms with Crippen LogP contribution in [0.3, 0.4) is 0 Å². The van der Waals surface area contributed by atoms with Gasteiger partial charge >= 0.3 is 6.61 Å². The first-order valence-corrected chi connectivity index (χ1v) is 7.37. The van der Waals surface area contributed by atoms with Crippen molar-refractivity contribution in [1.82, 2.24) is 5.32 Å². The van der Waals surface area contributed by atoms with Crippen LogP contribution in [0.15, 0.2) is 17.1 Å². The molecule has 1 aliphatic heterocycles. The largest absolute Gasteiger partial charge is 0.454 e. The summed E-state index contributed by atoms with van der Waals surface area (Å²) in [6.45, 7) is 2.13. The number of ether oxygens (including phenoxy) is 3. The molecule has 0 aromatic heterocycles. The summed E-state index contributed by atoms with van der Waals surface area (Å²) < 4.78 is 40.0. The van der Waals surface area contributed by atoms with Gasteiger partial charge < -0.3 is 25.3 Å². The molecule has 0 saturated carbocycles. The van der Waals surface area contributed by atoms with Gasteiger partial charge in [0.2, 0.25) is 6.79 Å². The van der Waals surface area contributed by atoms with Crippen molar-refractivity contribution in [3.05, 3.63) is 17.7 Å². The fraction of sp³-hybridized carbons (Fsp3) is 0.533. The first-order chi connectivity index (χ1) is 11.0. The summed E-state index contributed by atoms with van der Waals surface area (Å²) in [5.41, 5.74) is 6.21. The minimum Gasteiger partial charge on any atom is -0.454 e. The summed E-state index contributed by atoms with van der Waals surface area (Å²) in [5.74, 6) is 1.66. The molecule has 0 fully saturated rings. The van der Waals surface area contributed by atoms with E-state index < -0.39 is 6.61 Å².